The summed E-state index contributed by atoms with van der Waals surface area (Å²) >= 11 is 3.24. The predicted octanol–water partition coefficient (Wildman–Crippen LogP) is 2.87. The quantitative estimate of drug-likeness (QED) is 0.868. The van der Waals surface area contributed by atoms with Gasteiger partial charge in [-0.1, -0.05) is 6.07 Å². The lowest BCUT2D eigenvalue weighted by atomic mass is 10.2. The van der Waals surface area contributed by atoms with Crippen molar-refractivity contribution in [2.75, 3.05) is 0 Å². The van der Waals surface area contributed by atoms with E-state index < -0.39 is 6.10 Å². The van der Waals surface area contributed by atoms with Crippen LogP contribution in [0.5, 0.6) is 0 Å². The van der Waals surface area contributed by atoms with Crippen molar-refractivity contribution in [3.05, 3.63) is 39.0 Å². The summed E-state index contributed by atoms with van der Waals surface area (Å²) < 4.78 is 0. The number of rotatable bonds is 4. The van der Waals surface area contributed by atoms with Gasteiger partial charge in [0, 0.05) is 16.5 Å². The van der Waals surface area contributed by atoms with Gasteiger partial charge in [0.15, 0.2) is 0 Å². The molecule has 2 nitrogen and oxygen atoms in total. The molecular weight excluding hydrogens is 214 g/mol. The minimum atomic E-state index is -0.405. The van der Waals surface area contributed by atoms with E-state index in [2.05, 4.69) is 16.4 Å². The molecule has 0 aliphatic rings. The Morgan fingerprint density at radius 3 is 2.93 bits per heavy atom. The molecule has 1 unspecified atom stereocenters. The van der Waals surface area contributed by atoms with Gasteiger partial charge in [-0.15, -0.1) is 22.7 Å². The zero-order valence-electron chi connectivity index (χ0n) is 7.59. The van der Waals surface area contributed by atoms with Crippen molar-refractivity contribution in [3.63, 3.8) is 0 Å². The monoisotopic (exact) mass is 225 g/mol. The fourth-order valence-corrected chi connectivity index (χ4v) is 2.64. The smallest absolute Gasteiger partial charge is 0.121 e. The Morgan fingerprint density at radius 1 is 1.36 bits per heavy atom. The molecule has 2 aromatic rings. The molecule has 2 rings (SSSR count). The fourth-order valence-electron chi connectivity index (χ4n) is 1.26. The molecular formula is C10H11NOS2. The number of aliphatic hydroxyl groups excluding tert-OH is 1. The van der Waals surface area contributed by atoms with E-state index in [0.29, 0.717) is 0 Å². The molecule has 0 amide bonds. The Labute approximate surface area is 90.9 Å². The van der Waals surface area contributed by atoms with Gasteiger partial charge in [-0.2, -0.15) is 0 Å². The highest BCUT2D eigenvalue weighted by Crippen LogP contribution is 2.22. The van der Waals surface area contributed by atoms with Crippen LogP contribution in [0.15, 0.2) is 29.1 Å². The van der Waals surface area contributed by atoms with Crippen LogP contribution in [0.3, 0.4) is 0 Å². The van der Waals surface area contributed by atoms with E-state index in [0.717, 1.165) is 17.8 Å². The zero-order chi connectivity index (χ0) is 9.80. The average Bonchev–Trinajstić information content (AvgIpc) is 2.87. The molecule has 4 heteroatoms. The van der Waals surface area contributed by atoms with Gasteiger partial charge in [-0.05, 0) is 24.3 Å². The van der Waals surface area contributed by atoms with Crippen molar-refractivity contribution >= 4 is 22.7 Å². The van der Waals surface area contributed by atoms with Crippen molar-refractivity contribution in [3.8, 4) is 0 Å². The lowest BCUT2D eigenvalue weighted by Crippen LogP contribution is -1.97. The van der Waals surface area contributed by atoms with Crippen LogP contribution in [0.1, 0.15) is 22.4 Å². The van der Waals surface area contributed by atoms with Gasteiger partial charge < -0.3 is 5.11 Å². The van der Waals surface area contributed by atoms with Crippen molar-refractivity contribution in [1.82, 2.24) is 4.98 Å². The first-order chi connectivity index (χ1) is 6.86. The first-order valence-electron chi connectivity index (χ1n) is 4.46. The highest BCUT2D eigenvalue weighted by atomic mass is 32.1. The number of thiazole rings is 1. The Balaban J connectivity index is 1.87. The minimum absolute atomic E-state index is 0.405. The number of aryl methyl sites for hydroxylation is 1. The van der Waals surface area contributed by atoms with Crippen LogP contribution < -0.4 is 0 Å². The van der Waals surface area contributed by atoms with Crippen LogP contribution >= 0.6 is 22.7 Å². The maximum absolute atomic E-state index is 9.76. The van der Waals surface area contributed by atoms with Crippen LogP contribution in [0.2, 0.25) is 0 Å². The fraction of sp³-hybridized carbons (Fsp3) is 0.300. The molecule has 0 saturated heterocycles. The number of hydrogen-bond donors (Lipinski definition) is 1. The van der Waals surface area contributed by atoms with E-state index in [4.69, 9.17) is 0 Å². The van der Waals surface area contributed by atoms with E-state index >= 15 is 0 Å². The van der Waals surface area contributed by atoms with E-state index in [-0.39, 0.29) is 0 Å². The molecule has 0 spiro atoms. The van der Waals surface area contributed by atoms with Gasteiger partial charge in [-0.3, -0.25) is 0 Å². The Kier molecular flexibility index (Phi) is 3.29. The third-order valence-electron chi connectivity index (χ3n) is 1.98. The molecule has 0 fully saturated rings. The second-order valence-corrected chi connectivity index (χ2v) is 4.96. The van der Waals surface area contributed by atoms with Gasteiger partial charge in [0.2, 0.25) is 0 Å². The first kappa shape index (κ1) is 9.83. The maximum atomic E-state index is 9.76. The van der Waals surface area contributed by atoms with E-state index in [9.17, 15) is 5.11 Å². The molecule has 0 aromatic carbocycles. The Bertz CT molecular complexity index is 355. The number of hydrogen-bond acceptors (Lipinski definition) is 4. The molecule has 2 aromatic heterocycles. The van der Waals surface area contributed by atoms with Gasteiger partial charge in [0.05, 0.1) is 0 Å². The summed E-state index contributed by atoms with van der Waals surface area (Å²) in [4.78, 5) is 5.41. The molecule has 14 heavy (non-hydrogen) atoms. The van der Waals surface area contributed by atoms with Gasteiger partial charge >= 0.3 is 0 Å². The minimum Gasteiger partial charge on any atom is -0.386 e. The number of thiophene rings is 1. The van der Waals surface area contributed by atoms with E-state index in [1.54, 1.807) is 17.5 Å². The van der Waals surface area contributed by atoms with Crippen LogP contribution in [0.4, 0.5) is 0 Å². The molecule has 0 radical (unpaired) electrons. The summed E-state index contributed by atoms with van der Waals surface area (Å²) in [6.07, 6.45) is 3.01. The molecule has 74 valence electrons. The third kappa shape index (κ3) is 2.41. The van der Waals surface area contributed by atoms with Crippen molar-refractivity contribution in [2.24, 2.45) is 0 Å². The highest BCUT2D eigenvalue weighted by molar-refractivity contribution is 7.10. The van der Waals surface area contributed by atoms with Crippen molar-refractivity contribution in [1.29, 1.82) is 0 Å². The van der Waals surface area contributed by atoms with Crippen LogP contribution in [0, 0.1) is 0 Å². The summed E-state index contributed by atoms with van der Waals surface area (Å²) in [5, 5.41) is 14.5. The molecule has 0 bridgehead atoms. The lowest BCUT2D eigenvalue weighted by molar-refractivity contribution is 0.167. The first-order valence-corrected chi connectivity index (χ1v) is 6.22. The summed E-state index contributed by atoms with van der Waals surface area (Å²) in [5.41, 5.74) is 0. The third-order valence-corrected chi connectivity index (χ3v) is 3.79. The van der Waals surface area contributed by atoms with Crippen LogP contribution in [0.25, 0.3) is 0 Å². The second kappa shape index (κ2) is 4.68. The summed E-state index contributed by atoms with van der Waals surface area (Å²) in [7, 11) is 0. The topological polar surface area (TPSA) is 33.1 Å². The summed E-state index contributed by atoms with van der Waals surface area (Å²) in [5.74, 6) is 0. The molecule has 0 aliphatic carbocycles. The van der Waals surface area contributed by atoms with E-state index in [1.807, 2.05) is 11.4 Å². The van der Waals surface area contributed by atoms with Crippen molar-refractivity contribution in [2.45, 2.75) is 18.9 Å². The zero-order valence-corrected chi connectivity index (χ0v) is 9.22. The molecule has 2 heterocycles. The molecule has 1 atom stereocenters. The van der Waals surface area contributed by atoms with Gasteiger partial charge in [0.25, 0.3) is 0 Å². The normalized spacial score (nSPS) is 12.9. The summed E-state index contributed by atoms with van der Waals surface area (Å²) in [6.45, 7) is 0. The maximum Gasteiger partial charge on any atom is 0.121 e. The predicted molar refractivity (Wildman–Crippen MR) is 59.7 cm³/mol. The number of aliphatic hydroxyl groups is 1. The standard InChI is InChI=1S/C10H11NOS2/c12-9(10-11-5-7-14-10)4-3-8-2-1-6-13-8/h1-2,5-7,9,12H,3-4H2. The largest absolute Gasteiger partial charge is 0.386 e. The lowest BCUT2D eigenvalue weighted by Gasteiger charge is -2.05. The van der Waals surface area contributed by atoms with E-state index in [1.165, 1.54) is 16.2 Å². The number of aromatic nitrogens is 1. The van der Waals surface area contributed by atoms with Crippen LogP contribution in [-0.2, 0) is 6.42 Å². The molecule has 0 saturated carbocycles. The van der Waals surface area contributed by atoms with Crippen molar-refractivity contribution < 1.29 is 5.11 Å². The highest BCUT2D eigenvalue weighted by Gasteiger charge is 2.09. The molecule has 0 aliphatic heterocycles. The Morgan fingerprint density at radius 2 is 2.29 bits per heavy atom. The average molecular weight is 225 g/mol. The van der Waals surface area contributed by atoms with Crippen LogP contribution in [-0.4, -0.2) is 10.1 Å². The Hall–Kier alpha value is -0.710. The summed E-state index contributed by atoms with van der Waals surface area (Å²) in [6, 6.07) is 4.13. The number of nitrogens with zero attached hydrogens (tertiary/aromatic N) is 1. The molecule has 1 N–H and O–H groups in total. The van der Waals surface area contributed by atoms with Gasteiger partial charge in [0.1, 0.15) is 11.1 Å². The second-order valence-electron chi connectivity index (χ2n) is 3.00. The van der Waals surface area contributed by atoms with Gasteiger partial charge in [-0.25, -0.2) is 4.98 Å². The SMILES string of the molecule is OC(CCc1cccs1)c1nccs1.